The third-order valence-corrected chi connectivity index (χ3v) is 5.15. The number of carbonyl (C=O) groups is 2. The van der Waals surface area contributed by atoms with Crippen molar-refractivity contribution in [2.24, 2.45) is 0 Å². The van der Waals surface area contributed by atoms with Crippen LogP contribution in [-0.2, 0) is 16.1 Å². The summed E-state index contributed by atoms with van der Waals surface area (Å²) in [6.45, 7) is 2.12. The van der Waals surface area contributed by atoms with Gasteiger partial charge in [-0.05, 0) is 36.8 Å². The fourth-order valence-corrected chi connectivity index (χ4v) is 3.41. The third kappa shape index (κ3) is 5.20. The van der Waals surface area contributed by atoms with Crippen LogP contribution in [0.1, 0.15) is 12.5 Å². The zero-order valence-electron chi connectivity index (χ0n) is 15.8. The Labute approximate surface area is 171 Å². The topological polar surface area (TPSA) is 86.1 Å². The van der Waals surface area contributed by atoms with E-state index in [1.54, 1.807) is 19.1 Å². The van der Waals surface area contributed by atoms with E-state index in [1.807, 2.05) is 34.9 Å². The van der Waals surface area contributed by atoms with E-state index in [0.29, 0.717) is 23.1 Å². The standard InChI is InChI=1S/C20H19FN4O3S/c1-13(18(26)22-20(27)28-2)29-19-24-23-17(15-8-10-16(21)11-9-15)25(19)12-14-6-4-3-5-7-14/h3-11,13H,12H2,1-2H3,(H,22,26,27)/t13-/m0/s1. The summed E-state index contributed by atoms with van der Waals surface area (Å²) < 4.78 is 19.6. The molecule has 0 aliphatic carbocycles. The minimum absolute atomic E-state index is 0.342. The highest BCUT2D eigenvalue weighted by atomic mass is 32.2. The molecule has 0 saturated heterocycles. The molecule has 0 aliphatic heterocycles. The predicted octanol–water partition coefficient (Wildman–Crippen LogP) is 3.50. The predicted molar refractivity (Wildman–Crippen MR) is 107 cm³/mol. The molecule has 0 bridgehead atoms. The van der Waals surface area contributed by atoms with Gasteiger partial charge in [-0.15, -0.1) is 10.2 Å². The molecule has 0 fully saturated rings. The lowest BCUT2D eigenvalue weighted by Crippen LogP contribution is -2.36. The number of nitrogens with one attached hydrogen (secondary N) is 1. The quantitative estimate of drug-likeness (QED) is 0.622. The average Bonchev–Trinajstić information content (AvgIpc) is 3.11. The van der Waals surface area contributed by atoms with E-state index in [4.69, 9.17) is 0 Å². The second kappa shape index (κ2) is 9.33. The van der Waals surface area contributed by atoms with Gasteiger partial charge in [0.25, 0.3) is 0 Å². The molecule has 9 heteroatoms. The van der Waals surface area contributed by atoms with Gasteiger partial charge in [0.15, 0.2) is 11.0 Å². The van der Waals surface area contributed by atoms with Crippen molar-refractivity contribution in [2.75, 3.05) is 7.11 Å². The molecule has 2 aromatic carbocycles. The van der Waals surface area contributed by atoms with Gasteiger partial charge < -0.3 is 4.74 Å². The number of thioether (sulfide) groups is 1. The number of amides is 2. The number of rotatable bonds is 6. The maximum atomic E-state index is 13.3. The molecular weight excluding hydrogens is 395 g/mol. The van der Waals surface area contributed by atoms with E-state index >= 15 is 0 Å². The molecule has 2 amide bonds. The Hall–Kier alpha value is -3.20. The van der Waals surface area contributed by atoms with Gasteiger partial charge in [-0.2, -0.15) is 0 Å². The van der Waals surface area contributed by atoms with Crippen LogP contribution in [0.2, 0.25) is 0 Å². The van der Waals surface area contributed by atoms with Crippen LogP contribution in [-0.4, -0.2) is 39.1 Å². The van der Waals surface area contributed by atoms with Crippen LogP contribution in [0.3, 0.4) is 0 Å². The molecule has 3 rings (SSSR count). The molecule has 7 nitrogen and oxygen atoms in total. The second-order valence-electron chi connectivity index (χ2n) is 6.13. The maximum absolute atomic E-state index is 13.3. The SMILES string of the molecule is COC(=O)NC(=O)[C@H](C)Sc1nnc(-c2ccc(F)cc2)n1Cc1ccccc1. The Morgan fingerprint density at radius 3 is 2.48 bits per heavy atom. The summed E-state index contributed by atoms with van der Waals surface area (Å²) in [4.78, 5) is 23.4. The number of aromatic nitrogens is 3. The van der Waals surface area contributed by atoms with E-state index in [9.17, 15) is 14.0 Å². The Balaban J connectivity index is 1.91. The molecule has 1 N–H and O–H groups in total. The largest absolute Gasteiger partial charge is 0.453 e. The maximum Gasteiger partial charge on any atom is 0.413 e. The van der Waals surface area contributed by atoms with Gasteiger partial charge in [-0.3, -0.25) is 14.7 Å². The highest BCUT2D eigenvalue weighted by Crippen LogP contribution is 2.28. The van der Waals surface area contributed by atoms with E-state index in [-0.39, 0.29) is 5.82 Å². The van der Waals surface area contributed by atoms with Crippen molar-refractivity contribution in [3.8, 4) is 11.4 Å². The minimum atomic E-state index is -0.819. The monoisotopic (exact) mass is 414 g/mol. The first-order valence-electron chi connectivity index (χ1n) is 8.76. The lowest BCUT2D eigenvalue weighted by molar-refractivity contribution is -0.119. The first kappa shape index (κ1) is 20.5. The molecular formula is C20H19FN4O3S. The first-order valence-corrected chi connectivity index (χ1v) is 9.64. The highest BCUT2D eigenvalue weighted by molar-refractivity contribution is 8.00. The fraction of sp³-hybridized carbons (Fsp3) is 0.200. The zero-order chi connectivity index (χ0) is 20.8. The van der Waals surface area contributed by atoms with Gasteiger partial charge in [0.2, 0.25) is 5.91 Å². The summed E-state index contributed by atoms with van der Waals surface area (Å²) in [5.74, 6) is -0.290. The Bertz CT molecular complexity index is 993. The van der Waals surface area contributed by atoms with Gasteiger partial charge in [0, 0.05) is 5.56 Å². The van der Waals surface area contributed by atoms with E-state index < -0.39 is 17.3 Å². The Morgan fingerprint density at radius 1 is 1.14 bits per heavy atom. The normalized spacial score (nSPS) is 11.7. The lowest BCUT2D eigenvalue weighted by Gasteiger charge is -2.13. The van der Waals surface area contributed by atoms with Gasteiger partial charge in [0.05, 0.1) is 18.9 Å². The summed E-state index contributed by atoms with van der Waals surface area (Å²) in [6.07, 6.45) is -0.819. The van der Waals surface area contributed by atoms with E-state index in [0.717, 1.165) is 17.3 Å². The molecule has 0 saturated carbocycles. The minimum Gasteiger partial charge on any atom is -0.453 e. The van der Waals surface area contributed by atoms with Crippen LogP contribution in [0.15, 0.2) is 59.8 Å². The van der Waals surface area contributed by atoms with E-state index in [1.165, 1.54) is 19.2 Å². The number of hydrogen-bond acceptors (Lipinski definition) is 6. The van der Waals surface area contributed by atoms with Crippen molar-refractivity contribution < 1.29 is 18.7 Å². The van der Waals surface area contributed by atoms with Crippen molar-refractivity contribution >= 4 is 23.8 Å². The molecule has 0 aliphatic rings. The molecule has 1 aromatic heterocycles. The number of halogens is 1. The number of benzene rings is 2. The summed E-state index contributed by atoms with van der Waals surface area (Å²) in [5, 5.41) is 10.5. The highest BCUT2D eigenvalue weighted by Gasteiger charge is 2.22. The molecule has 29 heavy (non-hydrogen) atoms. The van der Waals surface area contributed by atoms with Crippen molar-refractivity contribution in [3.63, 3.8) is 0 Å². The Morgan fingerprint density at radius 2 is 1.83 bits per heavy atom. The summed E-state index contributed by atoms with van der Waals surface area (Å²) in [5.41, 5.74) is 1.72. The molecule has 0 radical (unpaired) electrons. The first-order chi connectivity index (χ1) is 14.0. The molecule has 3 aromatic rings. The molecule has 150 valence electrons. The fourth-order valence-electron chi connectivity index (χ4n) is 2.56. The van der Waals surface area contributed by atoms with Crippen LogP contribution < -0.4 is 5.32 Å². The number of hydrogen-bond donors (Lipinski definition) is 1. The van der Waals surface area contributed by atoms with Crippen LogP contribution in [0, 0.1) is 5.82 Å². The summed E-state index contributed by atoms with van der Waals surface area (Å²) in [6, 6.07) is 15.7. The number of imide groups is 1. The Kier molecular flexibility index (Phi) is 6.61. The van der Waals surface area contributed by atoms with Crippen LogP contribution >= 0.6 is 11.8 Å². The number of alkyl carbamates (subject to hydrolysis) is 1. The van der Waals surface area contributed by atoms with Crippen molar-refractivity contribution in [1.82, 2.24) is 20.1 Å². The lowest BCUT2D eigenvalue weighted by atomic mass is 10.2. The number of carbonyl (C=O) groups excluding carboxylic acids is 2. The van der Waals surface area contributed by atoms with Gasteiger partial charge in [-0.25, -0.2) is 9.18 Å². The number of nitrogens with zero attached hydrogens (tertiary/aromatic N) is 3. The van der Waals surface area contributed by atoms with E-state index in [2.05, 4.69) is 20.3 Å². The van der Waals surface area contributed by atoms with Crippen molar-refractivity contribution in [1.29, 1.82) is 0 Å². The van der Waals surface area contributed by atoms with Crippen molar-refractivity contribution in [3.05, 3.63) is 66.0 Å². The average molecular weight is 414 g/mol. The molecule has 0 spiro atoms. The third-order valence-electron chi connectivity index (χ3n) is 4.06. The molecule has 1 heterocycles. The second-order valence-corrected chi connectivity index (χ2v) is 7.43. The van der Waals surface area contributed by atoms with Crippen molar-refractivity contribution in [2.45, 2.75) is 23.9 Å². The zero-order valence-corrected chi connectivity index (χ0v) is 16.6. The van der Waals surface area contributed by atoms with Crippen LogP contribution in [0.5, 0.6) is 0 Å². The van der Waals surface area contributed by atoms with Crippen LogP contribution in [0.25, 0.3) is 11.4 Å². The van der Waals surface area contributed by atoms with Crippen LogP contribution in [0.4, 0.5) is 9.18 Å². The summed E-state index contributed by atoms with van der Waals surface area (Å²) >= 11 is 1.16. The van der Waals surface area contributed by atoms with Gasteiger partial charge in [-0.1, -0.05) is 42.1 Å². The smallest absolute Gasteiger partial charge is 0.413 e. The summed E-state index contributed by atoms with van der Waals surface area (Å²) in [7, 11) is 1.19. The van der Waals surface area contributed by atoms with Gasteiger partial charge >= 0.3 is 6.09 Å². The molecule has 0 unspecified atom stereocenters. The number of methoxy groups -OCH3 is 1. The van der Waals surface area contributed by atoms with Gasteiger partial charge in [0.1, 0.15) is 5.82 Å². The number of ether oxygens (including phenoxy) is 1. The molecule has 1 atom stereocenters.